The number of nitrogens with zero attached hydrogens (tertiary/aromatic N) is 2. The summed E-state index contributed by atoms with van der Waals surface area (Å²) in [6, 6.07) is 6.54. The Labute approximate surface area is 137 Å². The Morgan fingerprint density at radius 1 is 1.17 bits per heavy atom. The highest BCUT2D eigenvalue weighted by molar-refractivity contribution is 7.89. The van der Waals surface area contributed by atoms with Gasteiger partial charge in [0.15, 0.2) is 0 Å². The van der Waals surface area contributed by atoms with E-state index in [1.165, 1.54) is 30.0 Å². The van der Waals surface area contributed by atoms with Crippen LogP contribution in [0.25, 0.3) is 0 Å². The average molecular weight is 338 g/mol. The normalized spacial score (nSPS) is 23.3. The van der Waals surface area contributed by atoms with Crippen molar-refractivity contribution < 1.29 is 17.9 Å². The molecule has 6 nitrogen and oxygen atoms in total. The maximum atomic E-state index is 13.0. The number of sulfonamides is 1. The van der Waals surface area contributed by atoms with E-state index in [1.807, 2.05) is 0 Å². The number of piperazine rings is 1. The topological polar surface area (TPSA) is 66.9 Å². The predicted molar refractivity (Wildman–Crippen MR) is 85.8 cm³/mol. The number of benzene rings is 1. The molecular weight excluding hydrogens is 316 g/mol. The van der Waals surface area contributed by atoms with Crippen LogP contribution in [0, 0.1) is 0 Å². The van der Waals surface area contributed by atoms with Gasteiger partial charge in [0.1, 0.15) is 0 Å². The maximum absolute atomic E-state index is 13.0. The quantitative estimate of drug-likeness (QED) is 0.778. The Morgan fingerprint density at radius 3 is 2.74 bits per heavy atom. The number of methoxy groups -OCH3 is 1. The van der Waals surface area contributed by atoms with Crippen LogP contribution in [0.3, 0.4) is 0 Å². The van der Waals surface area contributed by atoms with E-state index in [2.05, 4.69) is 4.90 Å². The van der Waals surface area contributed by atoms with E-state index >= 15 is 0 Å². The van der Waals surface area contributed by atoms with Gasteiger partial charge in [-0.25, -0.2) is 13.2 Å². The number of ether oxygens (including phenoxy) is 1. The molecule has 1 aromatic rings. The molecule has 0 spiro atoms. The van der Waals surface area contributed by atoms with Gasteiger partial charge in [-0.3, -0.25) is 4.90 Å². The minimum absolute atomic E-state index is 0.0381. The number of rotatable bonds is 3. The lowest BCUT2D eigenvalue weighted by Crippen LogP contribution is -2.56. The molecule has 2 heterocycles. The average Bonchev–Trinajstić information content (AvgIpc) is 2.60. The van der Waals surface area contributed by atoms with Gasteiger partial charge in [0, 0.05) is 25.7 Å². The monoisotopic (exact) mass is 338 g/mol. The molecule has 2 aliphatic rings. The SMILES string of the molecule is COC(=O)c1ccccc1S(=O)(=O)N1CCN2CCCC[C@@H]2C1. The number of esters is 1. The molecule has 0 aromatic heterocycles. The lowest BCUT2D eigenvalue weighted by molar-refractivity contribution is 0.0595. The maximum Gasteiger partial charge on any atom is 0.339 e. The van der Waals surface area contributed by atoms with Gasteiger partial charge in [0.2, 0.25) is 10.0 Å². The molecule has 126 valence electrons. The number of hydrogen-bond acceptors (Lipinski definition) is 5. The van der Waals surface area contributed by atoms with Crippen LogP contribution in [-0.4, -0.2) is 62.9 Å². The zero-order chi connectivity index (χ0) is 16.4. The van der Waals surface area contributed by atoms with Crippen LogP contribution in [0.1, 0.15) is 29.6 Å². The first kappa shape index (κ1) is 16.4. The van der Waals surface area contributed by atoms with E-state index in [0.29, 0.717) is 13.1 Å². The zero-order valence-electron chi connectivity index (χ0n) is 13.3. The molecule has 2 aliphatic heterocycles. The second kappa shape index (κ2) is 6.59. The van der Waals surface area contributed by atoms with Crippen LogP contribution < -0.4 is 0 Å². The standard InChI is InChI=1S/C16H22N2O4S/c1-22-16(19)14-7-2-3-8-15(14)23(20,21)18-11-10-17-9-5-4-6-13(17)12-18/h2-3,7-8,13H,4-6,9-12H2,1H3/t13-/m1/s1. The summed E-state index contributed by atoms with van der Waals surface area (Å²) in [5, 5.41) is 0. The van der Waals surface area contributed by atoms with Gasteiger partial charge < -0.3 is 4.74 Å². The zero-order valence-corrected chi connectivity index (χ0v) is 14.1. The summed E-state index contributed by atoms with van der Waals surface area (Å²) in [6.45, 7) is 2.77. The summed E-state index contributed by atoms with van der Waals surface area (Å²) in [5.41, 5.74) is 0.0982. The Morgan fingerprint density at radius 2 is 1.96 bits per heavy atom. The number of piperidine rings is 1. The highest BCUT2D eigenvalue weighted by Gasteiger charge is 2.36. The second-order valence-electron chi connectivity index (χ2n) is 6.04. The van der Waals surface area contributed by atoms with Gasteiger partial charge in [0.25, 0.3) is 0 Å². The Bertz CT molecular complexity index is 689. The fourth-order valence-electron chi connectivity index (χ4n) is 3.46. The number of fused-ring (bicyclic) bond motifs is 1. The Hall–Kier alpha value is -1.44. The molecule has 0 amide bonds. The van der Waals surface area contributed by atoms with Crippen LogP contribution in [0.2, 0.25) is 0 Å². The van der Waals surface area contributed by atoms with E-state index in [1.54, 1.807) is 12.1 Å². The lowest BCUT2D eigenvalue weighted by Gasteiger charge is -2.43. The van der Waals surface area contributed by atoms with Crippen LogP contribution in [0.5, 0.6) is 0 Å². The summed E-state index contributed by atoms with van der Waals surface area (Å²) >= 11 is 0. The van der Waals surface area contributed by atoms with Crippen molar-refractivity contribution in [3.05, 3.63) is 29.8 Å². The predicted octanol–water partition coefficient (Wildman–Crippen LogP) is 1.33. The van der Waals surface area contributed by atoms with Crippen molar-refractivity contribution >= 4 is 16.0 Å². The first-order valence-electron chi connectivity index (χ1n) is 7.95. The van der Waals surface area contributed by atoms with Gasteiger partial charge >= 0.3 is 5.97 Å². The molecule has 1 aromatic carbocycles. The number of hydrogen-bond donors (Lipinski definition) is 0. The van der Waals surface area contributed by atoms with Gasteiger partial charge in [-0.2, -0.15) is 4.31 Å². The van der Waals surface area contributed by atoms with Crippen LogP contribution in [0.4, 0.5) is 0 Å². The highest BCUT2D eigenvalue weighted by Crippen LogP contribution is 2.27. The first-order valence-corrected chi connectivity index (χ1v) is 9.39. The van der Waals surface area contributed by atoms with Crippen molar-refractivity contribution in [2.75, 3.05) is 33.3 Å². The number of carbonyl (C=O) groups excluding carboxylic acids is 1. The number of carbonyl (C=O) groups is 1. The molecule has 0 radical (unpaired) electrons. The van der Waals surface area contributed by atoms with Gasteiger partial charge in [-0.1, -0.05) is 18.6 Å². The molecule has 2 fully saturated rings. The van der Waals surface area contributed by atoms with Crippen LogP contribution in [-0.2, 0) is 14.8 Å². The molecule has 0 bridgehead atoms. The van der Waals surface area contributed by atoms with Crippen LogP contribution >= 0.6 is 0 Å². The van der Waals surface area contributed by atoms with Crippen molar-refractivity contribution in [3.8, 4) is 0 Å². The van der Waals surface area contributed by atoms with Crippen molar-refractivity contribution in [2.24, 2.45) is 0 Å². The minimum atomic E-state index is -3.69. The molecule has 0 unspecified atom stereocenters. The van der Waals surface area contributed by atoms with Crippen molar-refractivity contribution in [1.29, 1.82) is 0 Å². The molecular formula is C16H22N2O4S. The molecule has 0 aliphatic carbocycles. The van der Waals surface area contributed by atoms with Gasteiger partial charge in [0.05, 0.1) is 17.6 Å². The summed E-state index contributed by atoms with van der Waals surface area (Å²) in [6.07, 6.45) is 3.37. The van der Waals surface area contributed by atoms with Crippen molar-refractivity contribution in [2.45, 2.75) is 30.2 Å². The molecule has 3 rings (SSSR count). The van der Waals surface area contributed by atoms with Crippen LogP contribution in [0.15, 0.2) is 29.2 Å². The van der Waals surface area contributed by atoms with E-state index < -0.39 is 16.0 Å². The third kappa shape index (κ3) is 3.13. The Kier molecular flexibility index (Phi) is 4.70. The van der Waals surface area contributed by atoms with E-state index in [4.69, 9.17) is 4.74 Å². The van der Waals surface area contributed by atoms with E-state index in [9.17, 15) is 13.2 Å². The second-order valence-corrected chi connectivity index (χ2v) is 7.94. The molecule has 0 N–H and O–H groups in total. The smallest absolute Gasteiger partial charge is 0.339 e. The fourth-order valence-corrected chi connectivity index (χ4v) is 5.10. The van der Waals surface area contributed by atoms with Gasteiger partial charge in [-0.05, 0) is 31.5 Å². The fraction of sp³-hybridized carbons (Fsp3) is 0.562. The first-order chi connectivity index (χ1) is 11.0. The van der Waals surface area contributed by atoms with Crippen molar-refractivity contribution in [3.63, 3.8) is 0 Å². The molecule has 7 heteroatoms. The summed E-state index contributed by atoms with van der Waals surface area (Å²) in [5.74, 6) is -0.625. The third-order valence-corrected chi connectivity index (χ3v) is 6.63. The van der Waals surface area contributed by atoms with Gasteiger partial charge in [-0.15, -0.1) is 0 Å². The van der Waals surface area contributed by atoms with E-state index in [0.717, 1.165) is 25.9 Å². The highest BCUT2D eigenvalue weighted by atomic mass is 32.2. The summed E-state index contributed by atoms with van der Waals surface area (Å²) in [4.78, 5) is 14.3. The summed E-state index contributed by atoms with van der Waals surface area (Å²) < 4.78 is 32.2. The third-order valence-electron chi connectivity index (χ3n) is 4.71. The molecule has 23 heavy (non-hydrogen) atoms. The molecule has 0 saturated carbocycles. The largest absolute Gasteiger partial charge is 0.465 e. The lowest BCUT2D eigenvalue weighted by atomic mass is 10.0. The summed E-state index contributed by atoms with van der Waals surface area (Å²) in [7, 11) is -2.44. The molecule has 1 atom stereocenters. The van der Waals surface area contributed by atoms with E-state index in [-0.39, 0.29) is 16.5 Å². The Balaban J connectivity index is 1.89. The van der Waals surface area contributed by atoms with Crippen molar-refractivity contribution in [1.82, 2.24) is 9.21 Å². The molecule has 2 saturated heterocycles. The minimum Gasteiger partial charge on any atom is -0.465 e.